The molecule has 1 unspecified atom stereocenters. The van der Waals surface area contributed by atoms with Crippen molar-refractivity contribution in [1.29, 1.82) is 0 Å². The van der Waals surface area contributed by atoms with Gasteiger partial charge < -0.3 is 15.0 Å². The van der Waals surface area contributed by atoms with E-state index >= 15 is 0 Å². The molecule has 2 aliphatic rings. The van der Waals surface area contributed by atoms with Gasteiger partial charge in [-0.2, -0.15) is 0 Å². The monoisotopic (exact) mass is 395 g/mol. The molecular weight excluding hydrogens is 366 g/mol. The van der Waals surface area contributed by atoms with Gasteiger partial charge in [-0.15, -0.1) is 0 Å². The zero-order valence-electron chi connectivity index (χ0n) is 16.1. The summed E-state index contributed by atoms with van der Waals surface area (Å²) in [5, 5.41) is 2.97. The summed E-state index contributed by atoms with van der Waals surface area (Å²) in [5.74, 6) is -0.180. The predicted molar refractivity (Wildman–Crippen MR) is 106 cm³/mol. The molecule has 0 spiro atoms. The number of methoxy groups -OCH3 is 1. The smallest absolute Gasteiger partial charge is 0.227 e. The Morgan fingerprint density at radius 1 is 1.11 bits per heavy atom. The Hall–Kier alpha value is -1.64. The number of nitrogens with zero attached hydrogens (tertiary/aromatic N) is 2. The topological polar surface area (TPSA) is 79.0 Å². The van der Waals surface area contributed by atoms with E-state index in [2.05, 4.69) is 10.2 Å². The maximum Gasteiger partial charge on any atom is 0.227 e. The molecule has 0 bridgehead atoms. The fourth-order valence-corrected chi connectivity index (χ4v) is 4.69. The van der Waals surface area contributed by atoms with Crippen molar-refractivity contribution in [3.63, 3.8) is 0 Å². The van der Waals surface area contributed by atoms with Crippen molar-refractivity contribution in [2.45, 2.75) is 31.8 Å². The Morgan fingerprint density at radius 2 is 1.78 bits per heavy atom. The second kappa shape index (κ2) is 8.58. The van der Waals surface area contributed by atoms with Crippen LogP contribution >= 0.6 is 0 Å². The summed E-state index contributed by atoms with van der Waals surface area (Å²) < 4.78 is 30.1. The number of hydrogen-bond acceptors (Lipinski definition) is 5. The number of hydrogen-bond donors (Lipinski definition) is 1. The lowest BCUT2D eigenvalue weighted by Gasteiger charge is -2.33. The van der Waals surface area contributed by atoms with Gasteiger partial charge in [0, 0.05) is 50.6 Å². The van der Waals surface area contributed by atoms with Gasteiger partial charge in [-0.1, -0.05) is 0 Å². The van der Waals surface area contributed by atoms with E-state index in [1.165, 1.54) is 10.6 Å². The van der Waals surface area contributed by atoms with Crippen LogP contribution in [0.4, 0.5) is 11.4 Å². The van der Waals surface area contributed by atoms with E-state index in [-0.39, 0.29) is 17.9 Å². The van der Waals surface area contributed by atoms with Crippen molar-refractivity contribution in [3.8, 4) is 0 Å². The molecule has 0 aromatic heterocycles. The predicted octanol–water partition coefficient (Wildman–Crippen LogP) is 1.91. The van der Waals surface area contributed by atoms with Crippen molar-refractivity contribution in [2.24, 2.45) is 5.92 Å². The molecule has 1 aromatic carbocycles. The molecule has 1 amide bonds. The van der Waals surface area contributed by atoms with Crippen LogP contribution in [-0.4, -0.2) is 64.3 Å². The number of ether oxygens (including phenoxy) is 1. The van der Waals surface area contributed by atoms with Crippen LogP contribution in [-0.2, 0) is 19.6 Å². The van der Waals surface area contributed by atoms with Crippen LogP contribution in [0.25, 0.3) is 0 Å². The summed E-state index contributed by atoms with van der Waals surface area (Å²) in [5.41, 5.74) is 1.91. The number of nitrogens with one attached hydrogen (secondary N) is 1. The molecule has 2 fully saturated rings. The van der Waals surface area contributed by atoms with Crippen LogP contribution < -0.4 is 10.2 Å². The molecule has 1 N–H and O–H groups in total. The molecule has 0 aliphatic carbocycles. The first-order valence-electron chi connectivity index (χ1n) is 9.50. The summed E-state index contributed by atoms with van der Waals surface area (Å²) in [7, 11) is -1.41. The molecule has 2 aliphatic heterocycles. The molecule has 8 heteroatoms. The van der Waals surface area contributed by atoms with Gasteiger partial charge in [0.05, 0.1) is 12.4 Å². The van der Waals surface area contributed by atoms with E-state index in [4.69, 9.17) is 4.74 Å². The van der Waals surface area contributed by atoms with Crippen molar-refractivity contribution >= 4 is 27.3 Å². The Labute approximate surface area is 161 Å². The van der Waals surface area contributed by atoms with Crippen LogP contribution in [0.2, 0.25) is 0 Å². The van der Waals surface area contributed by atoms with Crippen molar-refractivity contribution in [1.82, 2.24) is 4.31 Å². The molecule has 27 heavy (non-hydrogen) atoms. The molecule has 2 saturated heterocycles. The summed E-state index contributed by atoms with van der Waals surface area (Å²) in [6, 6.07) is 7.91. The van der Waals surface area contributed by atoms with Gasteiger partial charge in [-0.25, -0.2) is 12.7 Å². The Morgan fingerprint density at radius 3 is 2.37 bits per heavy atom. The highest BCUT2D eigenvalue weighted by Crippen LogP contribution is 2.24. The van der Waals surface area contributed by atoms with Crippen molar-refractivity contribution in [2.75, 3.05) is 49.8 Å². The minimum absolute atomic E-state index is 0.0340. The van der Waals surface area contributed by atoms with Crippen molar-refractivity contribution < 1.29 is 17.9 Å². The van der Waals surface area contributed by atoms with Crippen LogP contribution in [0.1, 0.15) is 25.7 Å². The number of amides is 1. The van der Waals surface area contributed by atoms with E-state index in [1.807, 2.05) is 24.3 Å². The second-order valence-electron chi connectivity index (χ2n) is 7.42. The molecule has 150 valence electrons. The molecule has 1 aromatic rings. The number of piperidine rings is 2. The van der Waals surface area contributed by atoms with E-state index in [0.717, 1.165) is 37.3 Å². The fourth-order valence-electron chi connectivity index (χ4n) is 3.81. The number of rotatable bonds is 5. The van der Waals surface area contributed by atoms with E-state index in [9.17, 15) is 13.2 Å². The Balaban J connectivity index is 1.53. The third kappa shape index (κ3) is 5.21. The summed E-state index contributed by atoms with van der Waals surface area (Å²) >= 11 is 0. The Kier molecular flexibility index (Phi) is 6.39. The van der Waals surface area contributed by atoms with Crippen LogP contribution in [0.5, 0.6) is 0 Å². The number of sulfonamides is 1. The first kappa shape index (κ1) is 20.1. The highest BCUT2D eigenvalue weighted by atomic mass is 32.2. The highest BCUT2D eigenvalue weighted by molar-refractivity contribution is 7.88. The quantitative estimate of drug-likeness (QED) is 0.824. The zero-order chi connectivity index (χ0) is 19.4. The largest absolute Gasteiger partial charge is 0.380 e. The van der Waals surface area contributed by atoms with E-state index in [1.54, 1.807) is 7.11 Å². The van der Waals surface area contributed by atoms with Gasteiger partial charge in [0.25, 0.3) is 0 Å². The van der Waals surface area contributed by atoms with Crippen LogP contribution in [0.3, 0.4) is 0 Å². The highest BCUT2D eigenvalue weighted by Gasteiger charge is 2.29. The lowest BCUT2D eigenvalue weighted by Crippen LogP contribution is -2.40. The van der Waals surface area contributed by atoms with Crippen LogP contribution in [0.15, 0.2) is 24.3 Å². The molecule has 2 heterocycles. The van der Waals surface area contributed by atoms with E-state index in [0.29, 0.717) is 25.9 Å². The van der Waals surface area contributed by atoms with Gasteiger partial charge in [0.15, 0.2) is 0 Å². The van der Waals surface area contributed by atoms with Crippen molar-refractivity contribution in [3.05, 3.63) is 24.3 Å². The lowest BCUT2D eigenvalue weighted by molar-refractivity contribution is -0.120. The average Bonchev–Trinajstić information content (AvgIpc) is 2.68. The number of anilines is 2. The molecule has 3 rings (SSSR count). The minimum Gasteiger partial charge on any atom is -0.380 e. The second-order valence-corrected chi connectivity index (χ2v) is 9.40. The minimum atomic E-state index is -3.17. The molecule has 0 saturated carbocycles. The first-order valence-corrected chi connectivity index (χ1v) is 11.4. The molecule has 1 atom stereocenters. The van der Waals surface area contributed by atoms with Gasteiger partial charge in [-0.05, 0) is 49.9 Å². The normalized spacial score (nSPS) is 22.6. The third-order valence-electron chi connectivity index (χ3n) is 5.51. The van der Waals surface area contributed by atoms with Gasteiger partial charge in [-0.3, -0.25) is 4.79 Å². The summed E-state index contributed by atoms with van der Waals surface area (Å²) in [6.45, 7) is 2.72. The SMILES string of the molecule is COC1CCCN(c2ccc(NC(=O)C3CCN(S(C)(=O)=O)CC3)cc2)C1. The molecular formula is C19H29N3O4S. The number of carbonyl (C=O) groups is 1. The standard InChI is InChI=1S/C19H29N3O4S/c1-26-18-4-3-11-21(14-18)17-7-5-16(6-8-17)20-19(23)15-9-12-22(13-10-15)27(2,24)25/h5-8,15,18H,3-4,9-14H2,1-2H3,(H,20,23). The number of carbonyl (C=O) groups excluding carboxylic acids is 1. The van der Waals surface area contributed by atoms with E-state index < -0.39 is 10.0 Å². The fraction of sp³-hybridized carbons (Fsp3) is 0.632. The first-order chi connectivity index (χ1) is 12.9. The number of benzene rings is 1. The summed E-state index contributed by atoms with van der Waals surface area (Å²) in [4.78, 5) is 14.8. The zero-order valence-corrected chi connectivity index (χ0v) is 16.9. The van der Waals surface area contributed by atoms with Gasteiger partial charge in [0.1, 0.15) is 0 Å². The molecule has 7 nitrogen and oxygen atoms in total. The summed E-state index contributed by atoms with van der Waals surface area (Å²) in [6.07, 6.45) is 4.82. The van der Waals surface area contributed by atoms with Gasteiger partial charge in [0.2, 0.25) is 15.9 Å². The Bertz CT molecular complexity index is 743. The maximum atomic E-state index is 12.5. The maximum absolute atomic E-state index is 12.5. The third-order valence-corrected chi connectivity index (χ3v) is 6.81. The average molecular weight is 396 g/mol. The molecule has 0 radical (unpaired) electrons. The lowest BCUT2D eigenvalue weighted by atomic mass is 9.97. The van der Waals surface area contributed by atoms with Gasteiger partial charge >= 0.3 is 0 Å². The van der Waals surface area contributed by atoms with Crippen LogP contribution in [0, 0.1) is 5.92 Å².